The van der Waals surface area contributed by atoms with E-state index in [9.17, 15) is 4.79 Å². The zero-order chi connectivity index (χ0) is 13.5. The van der Waals surface area contributed by atoms with Gasteiger partial charge in [-0.3, -0.25) is 0 Å². The van der Waals surface area contributed by atoms with Crippen LogP contribution in [0.3, 0.4) is 0 Å². The lowest BCUT2D eigenvalue weighted by Gasteiger charge is -2.19. The van der Waals surface area contributed by atoms with Gasteiger partial charge in [-0.05, 0) is 77.7 Å². The van der Waals surface area contributed by atoms with Crippen LogP contribution in [0.15, 0.2) is 12.2 Å². The van der Waals surface area contributed by atoms with E-state index in [0.717, 1.165) is 19.0 Å². The highest BCUT2D eigenvalue weighted by molar-refractivity contribution is 14.3. The van der Waals surface area contributed by atoms with Crippen LogP contribution < -0.4 is 5.32 Å². The Labute approximate surface area is 131 Å². The van der Waals surface area contributed by atoms with Crippen molar-refractivity contribution >= 4 is 53.4 Å². The number of carbonyl (C=O) groups excluding carboxylic acids is 1. The predicted molar refractivity (Wildman–Crippen MR) is 92.4 cm³/mol. The number of amides is 1. The molecule has 0 heterocycles. The Hall–Kier alpha value is 0.900. The molecule has 0 bridgehead atoms. The first-order chi connectivity index (χ1) is 7.70. The lowest BCUT2D eigenvalue weighted by molar-refractivity contribution is 0.0527. The van der Waals surface area contributed by atoms with Crippen molar-refractivity contribution in [1.82, 2.24) is 5.32 Å². The van der Waals surface area contributed by atoms with E-state index in [4.69, 9.17) is 4.74 Å². The molecule has 0 saturated heterocycles. The molecule has 0 radical (unpaired) electrons. The Morgan fingerprint density at radius 1 is 1.41 bits per heavy atom. The number of allylic oxidation sites excluding steroid dienone is 1. The first kappa shape index (κ1) is 17.9. The average Bonchev–Trinajstić information content (AvgIpc) is 2.08. The summed E-state index contributed by atoms with van der Waals surface area (Å²) in [4.78, 5) is 11.3. The highest BCUT2D eigenvalue weighted by Crippen LogP contribution is 2.54. The Kier molecular flexibility index (Phi) is 9.38. The fraction of sp³-hybridized carbons (Fsp3) is 0.727. The molecule has 0 aromatic heterocycles. The summed E-state index contributed by atoms with van der Waals surface area (Å²) in [5, 5.41) is 2.75. The van der Waals surface area contributed by atoms with Gasteiger partial charge in [-0.25, -0.2) is 4.79 Å². The van der Waals surface area contributed by atoms with Crippen LogP contribution in [0, 0.1) is 0 Å². The fourth-order valence-electron chi connectivity index (χ4n) is 1.09. The molecule has 0 atom stereocenters. The van der Waals surface area contributed by atoms with Gasteiger partial charge in [-0.2, -0.15) is 0 Å². The van der Waals surface area contributed by atoms with E-state index in [2.05, 4.69) is 56.0 Å². The summed E-state index contributed by atoms with van der Waals surface area (Å²) in [5.74, 6) is 0. The molecular weight excluding hydrogens is 463 g/mol. The Morgan fingerprint density at radius 2 is 2.00 bits per heavy atom. The van der Waals surface area contributed by atoms with E-state index in [1.807, 2.05) is 20.8 Å². The molecule has 1 amide bonds. The maximum atomic E-state index is 11.3. The molecule has 0 saturated carbocycles. The molecule has 0 unspecified atom stereocenters. The number of alkyl carbamates (subject to hydrolysis) is 1. The average molecular weight is 483 g/mol. The zero-order valence-corrected chi connectivity index (χ0v) is 15.8. The van der Waals surface area contributed by atoms with Crippen LogP contribution in [0.5, 0.6) is 0 Å². The number of hydrogen-bond donors (Lipinski definition) is 1. The molecule has 100 valence electrons. The Balaban J connectivity index is 3.58. The standard InChI is InChI=1S/C11H20I2NO2P/c1-9(8-17(12)13)6-5-7-14-10(15)16-11(2,3)4/h1,5-8H2,2-4H3,(H,14,15). The highest BCUT2D eigenvalue weighted by Gasteiger charge is 2.15. The smallest absolute Gasteiger partial charge is 0.407 e. The van der Waals surface area contributed by atoms with Gasteiger partial charge in [-0.15, -0.1) is 0 Å². The first-order valence-corrected chi connectivity index (χ1v) is 12.5. The molecule has 0 aliphatic heterocycles. The quantitative estimate of drug-likeness (QED) is 0.249. The van der Waals surface area contributed by atoms with E-state index in [0.29, 0.717) is 6.54 Å². The van der Waals surface area contributed by atoms with Gasteiger partial charge >= 0.3 is 6.09 Å². The summed E-state index contributed by atoms with van der Waals surface area (Å²) in [6.07, 6.45) is 2.66. The van der Waals surface area contributed by atoms with Crippen molar-refractivity contribution in [2.45, 2.75) is 39.2 Å². The topological polar surface area (TPSA) is 38.3 Å². The normalized spacial score (nSPS) is 11.4. The maximum absolute atomic E-state index is 11.3. The number of rotatable bonds is 6. The van der Waals surface area contributed by atoms with Gasteiger partial charge in [0.25, 0.3) is 0 Å². The van der Waals surface area contributed by atoms with Gasteiger partial charge in [0.05, 0.1) is 0 Å². The van der Waals surface area contributed by atoms with Crippen molar-refractivity contribution in [2.24, 2.45) is 0 Å². The third-order valence-electron chi connectivity index (χ3n) is 1.72. The minimum atomic E-state index is -0.425. The molecule has 0 spiro atoms. The minimum absolute atomic E-state index is 0.0367. The third-order valence-corrected chi connectivity index (χ3v) is 4.45. The van der Waals surface area contributed by atoms with E-state index in [1.54, 1.807) is 0 Å². The summed E-state index contributed by atoms with van der Waals surface area (Å²) >= 11 is 4.89. The van der Waals surface area contributed by atoms with Crippen molar-refractivity contribution < 1.29 is 9.53 Å². The second-order valence-electron chi connectivity index (χ2n) is 4.74. The molecule has 0 aliphatic carbocycles. The van der Waals surface area contributed by atoms with Gasteiger partial charge in [0.15, 0.2) is 0 Å². The van der Waals surface area contributed by atoms with Crippen molar-refractivity contribution in [3.63, 3.8) is 0 Å². The first-order valence-electron chi connectivity index (χ1n) is 5.43. The van der Waals surface area contributed by atoms with Crippen LogP contribution in [0.4, 0.5) is 4.79 Å². The summed E-state index contributed by atoms with van der Waals surface area (Å²) in [7, 11) is 0. The van der Waals surface area contributed by atoms with Gasteiger partial charge in [-0.1, -0.05) is 12.2 Å². The van der Waals surface area contributed by atoms with Gasteiger partial charge in [0, 0.05) is 15.9 Å². The lowest BCUT2D eigenvalue weighted by atomic mass is 10.2. The number of carbonyl (C=O) groups is 1. The second-order valence-corrected chi connectivity index (χ2v) is 18.2. The molecule has 1 N–H and O–H groups in total. The number of ether oxygens (including phenoxy) is 1. The van der Waals surface area contributed by atoms with Gasteiger partial charge in [0.2, 0.25) is 0 Å². The van der Waals surface area contributed by atoms with Crippen LogP contribution in [0.2, 0.25) is 0 Å². The number of hydrogen-bond acceptors (Lipinski definition) is 2. The monoisotopic (exact) mass is 483 g/mol. The van der Waals surface area contributed by atoms with Gasteiger partial charge < -0.3 is 10.1 Å². The Bertz CT molecular complexity index is 265. The van der Waals surface area contributed by atoms with Crippen LogP contribution >= 0.6 is 47.3 Å². The van der Waals surface area contributed by atoms with E-state index < -0.39 is 5.60 Å². The highest BCUT2D eigenvalue weighted by atomic mass is 127. The summed E-state index contributed by atoms with van der Waals surface area (Å²) in [5.41, 5.74) is 0.845. The molecule has 0 rings (SSSR count). The molecule has 0 aromatic rings. The molecule has 3 nitrogen and oxygen atoms in total. The van der Waals surface area contributed by atoms with Crippen LogP contribution in [0.1, 0.15) is 33.6 Å². The molecule has 0 fully saturated rings. The maximum Gasteiger partial charge on any atom is 0.407 e. The largest absolute Gasteiger partial charge is 0.444 e. The van der Waals surface area contributed by atoms with Crippen molar-refractivity contribution in [3.05, 3.63) is 12.2 Å². The fourth-order valence-corrected chi connectivity index (χ4v) is 4.48. The Morgan fingerprint density at radius 3 is 2.47 bits per heavy atom. The van der Waals surface area contributed by atoms with Crippen LogP contribution in [-0.4, -0.2) is 24.4 Å². The summed E-state index contributed by atoms with van der Waals surface area (Å²) in [6, 6.07) is 0. The molecule has 0 aromatic carbocycles. The van der Waals surface area contributed by atoms with Crippen molar-refractivity contribution in [3.8, 4) is 0 Å². The molecule has 0 aliphatic rings. The third kappa shape index (κ3) is 13.1. The lowest BCUT2D eigenvalue weighted by Crippen LogP contribution is -2.33. The zero-order valence-electron chi connectivity index (χ0n) is 10.6. The SMILES string of the molecule is C=C(CCCNC(=O)OC(C)(C)C)CP(I)I. The van der Waals surface area contributed by atoms with E-state index >= 15 is 0 Å². The number of halogens is 2. The molecule has 17 heavy (non-hydrogen) atoms. The van der Waals surface area contributed by atoms with Crippen LogP contribution in [-0.2, 0) is 4.74 Å². The summed E-state index contributed by atoms with van der Waals surface area (Å²) < 4.78 is 5.17. The number of nitrogens with one attached hydrogen (secondary N) is 1. The van der Waals surface area contributed by atoms with E-state index in [-0.39, 0.29) is 9.30 Å². The minimum Gasteiger partial charge on any atom is -0.444 e. The molecular formula is C11H20I2NO2P. The van der Waals surface area contributed by atoms with Crippen LogP contribution in [0.25, 0.3) is 0 Å². The van der Waals surface area contributed by atoms with Crippen molar-refractivity contribution in [1.29, 1.82) is 0 Å². The summed E-state index contributed by atoms with van der Waals surface area (Å²) in [6.45, 7) is 10.3. The second kappa shape index (κ2) is 8.91. The van der Waals surface area contributed by atoms with Gasteiger partial charge in [0.1, 0.15) is 5.60 Å². The van der Waals surface area contributed by atoms with Crippen molar-refractivity contribution in [2.75, 3.05) is 12.7 Å². The predicted octanol–water partition coefficient (Wildman–Crippen LogP) is 5.03. The van der Waals surface area contributed by atoms with E-state index in [1.165, 1.54) is 5.57 Å². The molecule has 6 heteroatoms.